The number of rotatable bonds is 3. The summed E-state index contributed by atoms with van der Waals surface area (Å²) in [6.45, 7) is 0. The summed E-state index contributed by atoms with van der Waals surface area (Å²) < 4.78 is 0. The van der Waals surface area contributed by atoms with Crippen LogP contribution in [-0.2, 0) is 0 Å². The van der Waals surface area contributed by atoms with Gasteiger partial charge in [-0.15, -0.1) is 0 Å². The molecule has 0 unspecified atom stereocenters. The summed E-state index contributed by atoms with van der Waals surface area (Å²) in [5.74, 6) is -1.05. The number of primary amides is 1. The molecule has 1 heterocycles. The second-order valence-corrected chi connectivity index (χ2v) is 2.55. The van der Waals surface area contributed by atoms with Crippen molar-refractivity contribution in [2.75, 3.05) is 0 Å². The lowest BCUT2D eigenvalue weighted by Gasteiger charge is -1.97. The average Bonchev–Trinajstić information content (AvgIpc) is 2.18. The molecule has 1 aromatic rings. The molecular weight excluding hydrogens is 182 g/mol. The van der Waals surface area contributed by atoms with Crippen molar-refractivity contribution in [3.05, 3.63) is 29.6 Å². The van der Waals surface area contributed by atoms with E-state index in [0.717, 1.165) is 0 Å². The summed E-state index contributed by atoms with van der Waals surface area (Å²) in [6, 6.07) is 4.44. The Morgan fingerprint density at radius 2 is 2.29 bits per heavy atom. The van der Waals surface area contributed by atoms with Crippen molar-refractivity contribution in [1.29, 1.82) is 5.26 Å². The maximum atomic E-state index is 11.2. The molecule has 0 saturated heterocycles. The molecule has 1 rings (SSSR count). The van der Waals surface area contributed by atoms with Crippen molar-refractivity contribution in [2.24, 2.45) is 5.73 Å². The van der Waals surface area contributed by atoms with E-state index in [-0.39, 0.29) is 23.5 Å². The van der Waals surface area contributed by atoms with Crippen molar-refractivity contribution in [3.8, 4) is 6.07 Å². The number of aromatic nitrogens is 1. The molecule has 0 saturated carbocycles. The number of pyridine rings is 1. The van der Waals surface area contributed by atoms with Gasteiger partial charge < -0.3 is 5.73 Å². The van der Waals surface area contributed by atoms with E-state index >= 15 is 0 Å². The number of nitrogens with two attached hydrogens (primary N) is 1. The van der Waals surface area contributed by atoms with Crippen molar-refractivity contribution >= 4 is 11.7 Å². The topological polar surface area (TPSA) is 96.8 Å². The first-order valence-electron chi connectivity index (χ1n) is 3.81. The predicted octanol–water partition coefficient (Wildman–Crippen LogP) is 0.277. The first kappa shape index (κ1) is 9.86. The number of nitrogens with zero attached hydrogens (tertiary/aromatic N) is 2. The fourth-order valence-corrected chi connectivity index (χ4v) is 0.913. The summed E-state index contributed by atoms with van der Waals surface area (Å²) in [5, 5.41) is 8.30. The van der Waals surface area contributed by atoms with Crippen molar-refractivity contribution in [2.45, 2.75) is 6.42 Å². The molecule has 0 fully saturated rings. The molecule has 0 aliphatic carbocycles. The van der Waals surface area contributed by atoms with Gasteiger partial charge in [-0.1, -0.05) is 0 Å². The third kappa shape index (κ3) is 2.14. The lowest BCUT2D eigenvalue weighted by Crippen LogP contribution is -2.13. The smallest absolute Gasteiger partial charge is 0.267 e. The van der Waals surface area contributed by atoms with Crippen LogP contribution in [0.4, 0.5) is 0 Å². The average molecular weight is 189 g/mol. The highest BCUT2D eigenvalue weighted by Crippen LogP contribution is 2.04. The van der Waals surface area contributed by atoms with Gasteiger partial charge in [0.2, 0.25) is 0 Å². The zero-order valence-corrected chi connectivity index (χ0v) is 7.23. The minimum atomic E-state index is -0.698. The molecule has 1 amide bonds. The summed E-state index contributed by atoms with van der Waals surface area (Å²) >= 11 is 0. The molecule has 1 aromatic heterocycles. The second kappa shape index (κ2) is 4.14. The number of hydrogen-bond acceptors (Lipinski definition) is 4. The summed E-state index contributed by atoms with van der Waals surface area (Å²) in [7, 11) is 0. The third-order valence-electron chi connectivity index (χ3n) is 1.57. The van der Waals surface area contributed by atoms with Crippen molar-refractivity contribution < 1.29 is 9.59 Å². The van der Waals surface area contributed by atoms with Crippen LogP contribution in [0.5, 0.6) is 0 Å². The molecule has 5 heteroatoms. The SMILES string of the molecule is N#CCC(=O)c1ccnc(C(N)=O)c1. The van der Waals surface area contributed by atoms with Crippen molar-refractivity contribution in [3.63, 3.8) is 0 Å². The highest BCUT2D eigenvalue weighted by molar-refractivity contribution is 5.99. The monoisotopic (exact) mass is 189 g/mol. The van der Waals surface area contributed by atoms with Crippen LogP contribution in [0.25, 0.3) is 0 Å². The maximum absolute atomic E-state index is 11.2. The van der Waals surface area contributed by atoms with E-state index in [9.17, 15) is 9.59 Å². The van der Waals surface area contributed by atoms with E-state index in [0.29, 0.717) is 0 Å². The fourth-order valence-electron chi connectivity index (χ4n) is 0.913. The number of ketones is 1. The molecule has 0 radical (unpaired) electrons. The Hall–Kier alpha value is -2.22. The van der Waals surface area contributed by atoms with Gasteiger partial charge in [-0.05, 0) is 12.1 Å². The summed E-state index contributed by atoms with van der Waals surface area (Å²) in [6.07, 6.45) is 1.09. The molecule has 14 heavy (non-hydrogen) atoms. The van der Waals surface area contributed by atoms with Gasteiger partial charge >= 0.3 is 0 Å². The molecule has 0 aliphatic rings. The molecule has 0 aromatic carbocycles. The first-order chi connectivity index (χ1) is 6.65. The zero-order valence-electron chi connectivity index (χ0n) is 7.23. The van der Waals surface area contributed by atoms with E-state index < -0.39 is 5.91 Å². The third-order valence-corrected chi connectivity index (χ3v) is 1.57. The molecular formula is C9H7N3O2. The molecule has 70 valence electrons. The molecule has 0 bridgehead atoms. The number of carbonyl (C=O) groups is 2. The number of amides is 1. The van der Waals surface area contributed by atoms with Gasteiger partial charge in [0.1, 0.15) is 5.69 Å². The van der Waals surface area contributed by atoms with E-state index in [2.05, 4.69) is 4.98 Å². The minimum Gasteiger partial charge on any atom is -0.364 e. The Kier molecular flexibility index (Phi) is 2.92. The minimum absolute atomic E-state index is 0.0220. The van der Waals surface area contributed by atoms with Crippen LogP contribution < -0.4 is 5.73 Å². The van der Waals surface area contributed by atoms with Crippen LogP contribution in [0, 0.1) is 11.3 Å². The Balaban J connectivity index is 3.01. The lowest BCUT2D eigenvalue weighted by molar-refractivity contribution is 0.0995. The van der Waals surface area contributed by atoms with Crippen LogP contribution >= 0.6 is 0 Å². The van der Waals surface area contributed by atoms with Crippen LogP contribution in [0.3, 0.4) is 0 Å². The van der Waals surface area contributed by atoms with E-state index in [1.165, 1.54) is 18.3 Å². The normalized spacial score (nSPS) is 9.07. The van der Waals surface area contributed by atoms with Crippen LogP contribution in [0.2, 0.25) is 0 Å². The van der Waals surface area contributed by atoms with Gasteiger partial charge in [0.15, 0.2) is 5.78 Å². The van der Waals surface area contributed by atoms with Gasteiger partial charge in [-0.25, -0.2) is 0 Å². The van der Waals surface area contributed by atoms with E-state index in [4.69, 9.17) is 11.0 Å². The highest BCUT2D eigenvalue weighted by atomic mass is 16.1. The number of carbonyl (C=O) groups excluding carboxylic acids is 2. The lowest BCUT2D eigenvalue weighted by atomic mass is 10.1. The molecule has 0 aliphatic heterocycles. The Labute approximate surface area is 80.2 Å². The van der Waals surface area contributed by atoms with Gasteiger partial charge in [0.05, 0.1) is 12.5 Å². The Bertz CT molecular complexity index is 420. The predicted molar refractivity (Wildman–Crippen MR) is 47.3 cm³/mol. The first-order valence-corrected chi connectivity index (χ1v) is 3.81. The van der Waals surface area contributed by atoms with E-state index in [1.807, 2.05) is 0 Å². The fraction of sp³-hybridized carbons (Fsp3) is 0.111. The summed E-state index contributed by atoms with van der Waals surface area (Å²) in [4.78, 5) is 25.6. The highest BCUT2D eigenvalue weighted by Gasteiger charge is 2.08. The maximum Gasteiger partial charge on any atom is 0.267 e. The van der Waals surface area contributed by atoms with Gasteiger partial charge in [0.25, 0.3) is 5.91 Å². The van der Waals surface area contributed by atoms with Crippen molar-refractivity contribution in [1.82, 2.24) is 4.98 Å². The summed E-state index contributed by atoms with van der Waals surface area (Å²) in [5.41, 5.74) is 5.27. The van der Waals surface area contributed by atoms with Crippen LogP contribution in [0.15, 0.2) is 18.3 Å². The van der Waals surface area contributed by atoms with Gasteiger partial charge in [-0.2, -0.15) is 5.26 Å². The largest absolute Gasteiger partial charge is 0.364 e. The van der Waals surface area contributed by atoms with Gasteiger partial charge in [0, 0.05) is 11.8 Å². The zero-order chi connectivity index (χ0) is 10.6. The number of Topliss-reactive ketones (excluding diaryl/α,β-unsaturated/α-hetero) is 1. The quantitative estimate of drug-likeness (QED) is 0.690. The molecule has 5 nitrogen and oxygen atoms in total. The Morgan fingerprint density at radius 1 is 1.57 bits per heavy atom. The van der Waals surface area contributed by atoms with Gasteiger partial charge in [-0.3, -0.25) is 14.6 Å². The molecule has 0 atom stereocenters. The van der Waals surface area contributed by atoms with Crippen LogP contribution in [0.1, 0.15) is 27.3 Å². The second-order valence-electron chi connectivity index (χ2n) is 2.55. The standard InChI is InChI=1S/C9H7N3O2/c10-3-1-8(13)6-2-4-12-7(5-6)9(11)14/h2,4-5H,1H2,(H2,11,14). The molecule has 0 spiro atoms. The van der Waals surface area contributed by atoms with Crippen LogP contribution in [-0.4, -0.2) is 16.7 Å². The number of nitriles is 1. The van der Waals surface area contributed by atoms with E-state index in [1.54, 1.807) is 6.07 Å². The number of hydrogen-bond donors (Lipinski definition) is 1. The molecule has 2 N–H and O–H groups in total. The Morgan fingerprint density at radius 3 is 2.86 bits per heavy atom.